The van der Waals surface area contributed by atoms with Crippen LogP contribution in [0.1, 0.15) is 25.5 Å². The van der Waals surface area contributed by atoms with Gasteiger partial charge in [0, 0.05) is 12.2 Å². The number of pyridine rings is 1. The Hall–Kier alpha value is -1.25. The second kappa shape index (κ2) is 3.15. The smallest absolute Gasteiger partial charge is 0.149 e. The molecule has 0 aliphatic heterocycles. The average Bonchev–Trinajstić information content (AvgIpc) is 2.87. The van der Waals surface area contributed by atoms with Crippen LogP contribution in [0.3, 0.4) is 0 Å². The van der Waals surface area contributed by atoms with Crippen LogP contribution in [-0.2, 0) is 0 Å². The average molecular weight is 191 g/mol. The predicted octanol–water partition coefficient (Wildman–Crippen LogP) is 2.18. The molecule has 1 aromatic heterocycles. The number of rotatable bonds is 3. The minimum absolute atomic E-state index is 0.484. The molecule has 76 valence electrons. The van der Waals surface area contributed by atoms with E-state index in [1.165, 1.54) is 12.8 Å². The van der Waals surface area contributed by atoms with Crippen molar-refractivity contribution in [1.29, 1.82) is 0 Å². The topological polar surface area (TPSA) is 50.9 Å². The van der Waals surface area contributed by atoms with Crippen LogP contribution in [0.5, 0.6) is 0 Å². The van der Waals surface area contributed by atoms with E-state index in [0.717, 1.165) is 23.7 Å². The summed E-state index contributed by atoms with van der Waals surface area (Å²) in [5, 5.41) is 3.32. The fourth-order valence-electron chi connectivity index (χ4n) is 1.40. The van der Waals surface area contributed by atoms with E-state index >= 15 is 0 Å². The predicted molar refractivity (Wildman–Crippen MR) is 59.2 cm³/mol. The highest BCUT2D eigenvalue weighted by Gasteiger charge is 2.36. The van der Waals surface area contributed by atoms with E-state index in [2.05, 4.69) is 17.2 Å². The van der Waals surface area contributed by atoms with E-state index in [1.807, 2.05) is 19.1 Å². The lowest BCUT2D eigenvalue weighted by atomic mass is 10.1. The number of aromatic nitrogens is 1. The van der Waals surface area contributed by atoms with Crippen LogP contribution in [0, 0.1) is 12.3 Å². The summed E-state index contributed by atoms with van der Waals surface area (Å²) in [5.41, 5.74) is 8.04. The molecule has 1 aromatic rings. The van der Waals surface area contributed by atoms with Gasteiger partial charge >= 0.3 is 0 Å². The van der Waals surface area contributed by atoms with E-state index in [-0.39, 0.29) is 0 Å². The van der Waals surface area contributed by atoms with Gasteiger partial charge in [-0.1, -0.05) is 6.92 Å². The van der Waals surface area contributed by atoms with E-state index in [4.69, 9.17) is 5.73 Å². The highest BCUT2D eigenvalue weighted by Crippen LogP contribution is 2.44. The molecule has 3 N–H and O–H groups in total. The fourth-order valence-corrected chi connectivity index (χ4v) is 1.40. The summed E-state index contributed by atoms with van der Waals surface area (Å²) in [4.78, 5) is 4.37. The number of hydrogen-bond acceptors (Lipinski definition) is 3. The molecular formula is C11H17N3. The normalized spacial score (nSPS) is 17.9. The molecule has 0 bridgehead atoms. The Labute approximate surface area is 84.7 Å². The monoisotopic (exact) mass is 191 g/mol. The molecule has 1 saturated carbocycles. The first-order chi connectivity index (χ1) is 6.59. The summed E-state index contributed by atoms with van der Waals surface area (Å²) < 4.78 is 0. The van der Waals surface area contributed by atoms with Crippen molar-refractivity contribution in [3.05, 3.63) is 17.8 Å². The first kappa shape index (κ1) is 9.31. The maximum Gasteiger partial charge on any atom is 0.149 e. The Kier molecular flexibility index (Phi) is 2.10. The minimum atomic E-state index is 0.484. The lowest BCUT2D eigenvalue weighted by Crippen LogP contribution is -2.14. The third kappa shape index (κ3) is 1.97. The van der Waals surface area contributed by atoms with Gasteiger partial charge in [0.05, 0.1) is 5.69 Å². The lowest BCUT2D eigenvalue weighted by molar-refractivity contribution is 0.609. The second-order valence-corrected chi connectivity index (χ2v) is 4.55. The summed E-state index contributed by atoms with van der Waals surface area (Å²) >= 11 is 0. The standard InChI is InChI=1S/C11H17N3/c1-8-3-4-9(12)10(14-8)13-7-11(2)5-6-11/h3-4H,5-7,12H2,1-2H3,(H,13,14). The fraction of sp³-hybridized carbons (Fsp3) is 0.545. The molecule has 1 heterocycles. The second-order valence-electron chi connectivity index (χ2n) is 4.55. The number of nitrogens with one attached hydrogen (secondary N) is 1. The SMILES string of the molecule is Cc1ccc(N)c(NCC2(C)CC2)n1. The zero-order chi connectivity index (χ0) is 10.2. The molecule has 2 rings (SSSR count). The van der Waals surface area contributed by atoms with Crippen molar-refractivity contribution in [2.45, 2.75) is 26.7 Å². The van der Waals surface area contributed by atoms with Crippen LogP contribution >= 0.6 is 0 Å². The zero-order valence-electron chi connectivity index (χ0n) is 8.80. The number of nitrogens with two attached hydrogens (primary N) is 1. The Morgan fingerprint density at radius 2 is 2.21 bits per heavy atom. The molecule has 1 fully saturated rings. The van der Waals surface area contributed by atoms with Crippen LogP contribution in [-0.4, -0.2) is 11.5 Å². The summed E-state index contributed by atoms with van der Waals surface area (Å²) in [6.45, 7) is 5.24. The zero-order valence-corrected chi connectivity index (χ0v) is 8.80. The summed E-state index contributed by atoms with van der Waals surface area (Å²) in [6, 6.07) is 3.83. The van der Waals surface area contributed by atoms with Crippen molar-refractivity contribution >= 4 is 11.5 Å². The minimum Gasteiger partial charge on any atom is -0.396 e. The molecule has 1 aliphatic carbocycles. The van der Waals surface area contributed by atoms with Gasteiger partial charge in [-0.3, -0.25) is 0 Å². The van der Waals surface area contributed by atoms with Crippen LogP contribution < -0.4 is 11.1 Å². The van der Waals surface area contributed by atoms with Crippen LogP contribution in [0.25, 0.3) is 0 Å². The number of aryl methyl sites for hydroxylation is 1. The molecule has 0 atom stereocenters. The highest BCUT2D eigenvalue weighted by molar-refractivity contribution is 5.61. The van der Waals surface area contributed by atoms with Gasteiger partial charge in [0.15, 0.2) is 0 Å². The Morgan fingerprint density at radius 1 is 1.50 bits per heavy atom. The molecule has 0 unspecified atom stereocenters. The summed E-state index contributed by atoms with van der Waals surface area (Å²) in [6.07, 6.45) is 2.62. The largest absolute Gasteiger partial charge is 0.396 e. The van der Waals surface area contributed by atoms with Crippen molar-refractivity contribution in [3.8, 4) is 0 Å². The van der Waals surface area contributed by atoms with E-state index in [9.17, 15) is 0 Å². The Morgan fingerprint density at radius 3 is 2.86 bits per heavy atom. The van der Waals surface area contributed by atoms with Gasteiger partial charge in [-0.15, -0.1) is 0 Å². The maximum atomic E-state index is 5.81. The number of anilines is 2. The highest BCUT2D eigenvalue weighted by atomic mass is 15.0. The Balaban J connectivity index is 2.04. The van der Waals surface area contributed by atoms with Crippen molar-refractivity contribution in [1.82, 2.24) is 4.98 Å². The van der Waals surface area contributed by atoms with Crippen molar-refractivity contribution in [3.63, 3.8) is 0 Å². The molecule has 14 heavy (non-hydrogen) atoms. The molecule has 0 saturated heterocycles. The summed E-state index contributed by atoms with van der Waals surface area (Å²) in [7, 11) is 0. The van der Waals surface area contributed by atoms with Crippen LogP contribution in [0.2, 0.25) is 0 Å². The van der Waals surface area contributed by atoms with Gasteiger partial charge in [0.1, 0.15) is 5.82 Å². The molecule has 3 heteroatoms. The van der Waals surface area contributed by atoms with Crippen LogP contribution in [0.15, 0.2) is 12.1 Å². The van der Waals surface area contributed by atoms with E-state index in [1.54, 1.807) is 0 Å². The molecule has 0 spiro atoms. The quantitative estimate of drug-likeness (QED) is 0.770. The van der Waals surface area contributed by atoms with Crippen molar-refractivity contribution in [2.75, 3.05) is 17.6 Å². The molecule has 0 aromatic carbocycles. The van der Waals surface area contributed by atoms with Gasteiger partial charge in [-0.2, -0.15) is 0 Å². The van der Waals surface area contributed by atoms with Gasteiger partial charge < -0.3 is 11.1 Å². The molecule has 3 nitrogen and oxygen atoms in total. The molecule has 0 radical (unpaired) electrons. The first-order valence-corrected chi connectivity index (χ1v) is 5.06. The van der Waals surface area contributed by atoms with Gasteiger partial charge in [0.2, 0.25) is 0 Å². The maximum absolute atomic E-state index is 5.81. The summed E-state index contributed by atoms with van der Waals surface area (Å²) in [5.74, 6) is 0.832. The number of nitrogens with zero attached hydrogens (tertiary/aromatic N) is 1. The lowest BCUT2D eigenvalue weighted by Gasteiger charge is -2.12. The van der Waals surface area contributed by atoms with Crippen LogP contribution in [0.4, 0.5) is 11.5 Å². The molecule has 0 amide bonds. The Bertz CT molecular complexity index is 342. The van der Waals surface area contributed by atoms with Crippen molar-refractivity contribution < 1.29 is 0 Å². The first-order valence-electron chi connectivity index (χ1n) is 5.06. The molecule has 1 aliphatic rings. The van der Waals surface area contributed by atoms with E-state index in [0.29, 0.717) is 5.41 Å². The number of hydrogen-bond donors (Lipinski definition) is 2. The number of nitrogen functional groups attached to an aromatic ring is 1. The van der Waals surface area contributed by atoms with Crippen molar-refractivity contribution in [2.24, 2.45) is 5.41 Å². The van der Waals surface area contributed by atoms with E-state index < -0.39 is 0 Å². The van der Waals surface area contributed by atoms with Gasteiger partial charge in [-0.05, 0) is 37.3 Å². The molecular weight excluding hydrogens is 174 g/mol. The van der Waals surface area contributed by atoms with Gasteiger partial charge in [-0.25, -0.2) is 4.98 Å². The third-order valence-corrected chi connectivity index (χ3v) is 2.85. The third-order valence-electron chi connectivity index (χ3n) is 2.85. The van der Waals surface area contributed by atoms with Gasteiger partial charge in [0.25, 0.3) is 0 Å².